The Bertz CT molecular complexity index is 791. The van der Waals surface area contributed by atoms with Crippen molar-refractivity contribution in [3.05, 3.63) is 41.4 Å². The molecule has 0 aromatic heterocycles. The molecule has 0 amide bonds. The summed E-state index contributed by atoms with van der Waals surface area (Å²) in [4.78, 5) is 0.0870. The Kier molecular flexibility index (Phi) is 3.30. The van der Waals surface area contributed by atoms with Gasteiger partial charge in [-0.3, -0.25) is 4.72 Å². The van der Waals surface area contributed by atoms with Crippen molar-refractivity contribution in [3.63, 3.8) is 0 Å². The van der Waals surface area contributed by atoms with Gasteiger partial charge in [0.25, 0.3) is 10.0 Å². The van der Waals surface area contributed by atoms with Gasteiger partial charge < -0.3 is 15.2 Å². The predicted molar refractivity (Wildman–Crippen MR) is 79.2 cm³/mol. The number of nitrogens with two attached hydrogens (primary N) is 1. The van der Waals surface area contributed by atoms with Crippen molar-refractivity contribution in [2.24, 2.45) is 0 Å². The van der Waals surface area contributed by atoms with E-state index in [-0.39, 0.29) is 23.1 Å². The summed E-state index contributed by atoms with van der Waals surface area (Å²) in [5.41, 5.74) is 6.30. The Morgan fingerprint density at radius 1 is 1.10 bits per heavy atom. The normalized spacial score (nSPS) is 13.2. The van der Waals surface area contributed by atoms with Crippen LogP contribution in [0.15, 0.2) is 41.3 Å². The second-order valence-corrected chi connectivity index (χ2v) is 6.47. The van der Waals surface area contributed by atoms with Crippen LogP contribution in [0.1, 0.15) is 0 Å². The number of nitrogen functional groups attached to an aromatic ring is 1. The highest BCUT2D eigenvalue weighted by molar-refractivity contribution is 7.92. The van der Waals surface area contributed by atoms with E-state index in [0.717, 1.165) is 0 Å². The minimum Gasteiger partial charge on any atom is -0.454 e. The van der Waals surface area contributed by atoms with Gasteiger partial charge in [-0.15, -0.1) is 0 Å². The fraction of sp³-hybridized carbons (Fsp3) is 0.0769. The standard InChI is InChI=1S/C13H11ClN2O4S/c14-8-1-3-9(4-2-8)21(17,18)16-11-6-13-12(5-10(11)15)19-7-20-13/h1-6,16H,7,15H2. The minimum absolute atomic E-state index is 0.0855. The molecule has 0 unspecified atom stereocenters. The molecule has 1 heterocycles. The predicted octanol–water partition coefficient (Wildman–Crippen LogP) is 2.45. The van der Waals surface area contributed by atoms with E-state index in [1.54, 1.807) is 0 Å². The molecule has 3 rings (SSSR count). The number of ether oxygens (including phenoxy) is 2. The van der Waals surface area contributed by atoms with E-state index in [1.165, 1.54) is 36.4 Å². The van der Waals surface area contributed by atoms with Crippen molar-refractivity contribution < 1.29 is 17.9 Å². The lowest BCUT2D eigenvalue weighted by Gasteiger charge is -2.11. The second kappa shape index (κ2) is 5.01. The summed E-state index contributed by atoms with van der Waals surface area (Å²) in [6.45, 7) is 0.0855. The molecule has 0 spiro atoms. The largest absolute Gasteiger partial charge is 0.454 e. The van der Waals surface area contributed by atoms with Gasteiger partial charge >= 0.3 is 0 Å². The third-order valence-electron chi connectivity index (χ3n) is 2.91. The maximum Gasteiger partial charge on any atom is 0.261 e. The van der Waals surface area contributed by atoms with Gasteiger partial charge in [0.1, 0.15) is 0 Å². The number of benzene rings is 2. The van der Waals surface area contributed by atoms with E-state index in [1.807, 2.05) is 0 Å². The SMILES string of the molecule is Nc1cc2c(cc1NS(=O)(=O)c1ccc(Cl)cc1)OCO2. The highest BCUT2D eigenvalue weighted by Crippen LogP contribution is 2.38. The molecule has 0 radical (unpaired) electrons. The summed E-state index contributed by atoms with van der Waals surface area (Å²) < 4.78 is 37.4. The Morgan fingerprint density at radius 3 is 2.38 bits per heavy atom. The van der Waals surface area contributed by atoms with Gasteiger partial charge in [-0.05, 0) is 24.3 Å². The molecule has 0 fully saturated rings. The summed E-state index contributed by atoms with van der Waals surface area (Å²) in [5, 5.41) is 0.455. The van der Waals surface area contributed by atoms with Gasteiger partial charge in [-0.25, -0.2) is 8.42 Å². The molecule has 0 saturated carbocycles. The smallest absolute Gasteiger partial charge is 0.261 e. The van der Waals surface area contributed by atoms with Crippen LogP contribution in [-0.2, 0) is 10.0 Å². The molecule has 0 saturated heterocycles. The van der Waals surface area contributed by atoms with Gasteiger partial charge in [0.2, 0.25) is 6.79 Å². The summed E-state index contributed by atoms with van der Waals surface area (Å²) in [7, 11) is -3.76. The lowest BCUT2D eigenvalue weighted by atomic mass is 10.2. The van der Waals surface area contributed by atoms with Crippen LogP contribution in [-0.4, -0.2) is 15.2 Å². The Hall–Kier alpha value is -2.12. The molecule has 1 aliphatic rings. The summed E-state index contributed by atoms with van der Waals surface area (Å²) >= 11 is 5.75. The molecule has 6 nitrogen and oxygen atoms in total. The zero-order valence-electron chi connectivity index (χ0n) is 10.7. The van der Waals surface area contributed by atoms with Gasteiger partial charge in [-0.1, -0.05) is 11.6 Å². The molecule has 1 aliphatic heterocycles. The van der Waals surface area contributed by atoms with Crippen LogP contribution in [0.25, 0.3) is 0 Å². The third kappa shape index (κ3) is 2.70. The number of hydrogen-bond donors (Lipinski definition) is 2. The van der Waals surface area contributed by atoms with Crippen molar-refractivity contribution >= 4 is 33.0 Å². The average Bonchev–Trinajstić information content (AvgIpc) is 2.86. The number of rotatable bonds is 3. The Labute approximate surface area is 126 Å². The molecule has 0 bridgehead atoms. The van der Waals surface area contributed by atoms with Crippen molar-refractivity contribution in [1.29, 1.82) is 0 Å². The number of sulfonamides is 1. The maximum atomic E-state index is 12.3. The lowest BCUT2D eigenvalue weighted by Crippen LogP contribution is -2.14. The second-order valence-electron chi connectivity index (χ2n) is 4.35. The topological polar surface area (TPSA) is 90.7 Å². The molecular weight excluding hydrogens is 316 g/mol. The van der Waals surface area contributed by atoms with Crippen LogP contribution in [0.4, 0.5) is 11.4 Å². The van der Waals surface area contributed by atoms with Crippen molar-refractivity contribution in [3.8, 4) is 11.5 Å². The molecular formula is C13H11ClN2O4S. The first-order chi connectivity index (χ1) is 9.95. The lowest BCUT2D eigenvalue weighted by molar-refractivity contribution is 0.174. The van der Waals surface area contributed by atoms with Crippen LogP contribution in [0, 0.1) is 0 Å². The van der Waals surface area contributed by atoms with Gasteiger partial charge in [0.15, 0.2) is 11.5 Å². The first kappa shape index (κ1) is 13.8. The number of halogens is 1. The number of fused-ring (bicyclic) bond motifs is 1. The molecule has 21 heavy (non-hydrogen) atoms. The van der Waals surface area contributed by atoms with E-state index < -0.39 is 10.0 Å². The fourth-order valence-corrected chi connectivity index (χ4v) is 3.07. The molecule has 2 aromatic carbocycles. The maximum absolute atomic E-state index is 12.3. The molecule has 3 N–H and O–H groups in total. The summed E-state index contributed by atoms with van der Waals surface area (Å²) in [5.74, 6) is 0.931. The quantitative estimate of drug-likeness (QED) is 0.845. The molecule has 0 atom stereocenters. The monoisotopic (exact) mass is 326 g/mol. The fourth-order valence-electron chi connectivity index (χ4n) is 1.86. The van der Waals surface area contributed by atoms with Gasteiger partial charge in [0.05, 0.1) is 16.3 Å². The van der Waals surface area contributed by atoms with Crippen LogP contribution >= 0.6 is 11.6 Å². The van der Waals surface area contributed by atoms with E-state index in [2.05, 4.69) is 4.72 Å². The van der Waals surface area contributed by atoms with Crippen molar-refractivity contribution in [2.75, 3.05) is 17.2 Å². The highest BCUT2D eigenvalue weighted by atomic mass is 35.5. The number of hydrogen-bond acceptors (Lipinski definition) is 5. The van der Waals surface area contributed by atoms with E-state index in [0.29, 0.717) is 16.5 Å². The molecule has 0 aliphatic carbocycles. The van der Waals surface area contributed by atoms with E-state index >= 15 is 0 Å². The molecule has 8 heteroatoms. The molecule has 110 valence electrons. The first-order valence-corrected chi connectivity index (χ1v) is 7.79. The zero-order chi connectivity index (χ0) is 15.0. The number of nitrogens with one attached hydrogen (secondary N) is 1. The van der Waals surface area contributed by atoms with Gasteiger partial charge in [0, 0.05) is 17.2 Å². The summed E-state index contributed by atoms with van der Waals surface area (Å²) in [6, 6.07) is 8.83. The third-order valence-corrected chi connectivity index (χ3v) is 4.55. The Balaban J connectivity index is 1.94. The first-order valence-electron chi connectivity index (χ1n) is 5.93. The van der Waals surface area contributed by atoms with Crippen LogP contribution in [0.3, 0.4) is 0 Å². The average molecular weight is 327 g/mol. The van der Waals surface area contributed by atoms with Crippen LogP contribution < -0.4 is 19.9 Å². The van der Waals surface area contributed by atoms with E-state index in [4.69, 9.17) is 26.8 Å². The zero-order valence-corrected chi connectivity index (χ0v) is 12.2. The van der Waals surface area contributed by atoms with Crippen LogP contribution in [0.5, 0.6) is 11.5 Å². The van der Waals surface area contributed by atoms with Crippen molar-refractivity contribution in [2.45, 2.75) is 4.90 Å². The highest BCUT2D eigenvalue weighted by Gasteiger charge is 2.20. The van der Waals surface area contributed by atoms with Gasteiger partial charge in [-0.2, -0.15) is 0 Å². The van der Waals surface area contributed by atoms with E-state index in [9.17, 15) is 8.42 Å². The molecule has 2 aromatic rings. The minimum atomic E-state index is -3.76. The Morgan fingerprint density at radius 2 is 1.71 bits per heavy atom. The number of anilines is 2. The summed E-state index contributed by atoms with van der Waals surface area (Å²) in [6.07, 6.45) is 0. The van der Waals surface area contributed by atoms with Crippen molar-refractivity contribution in [1.82, 2.24) is 0 Å². The van der Waals surface area contributed by atoms with Crippen LogP contribution in [0.2, 0.25) is 5.02 Å².